The van der Waals surface area contributed by atoms with Gasteiger partial charge in [-0.1, -0.05) is 17.8 Å². The number of carbonyl (C=O) groups excluding carboxylic acids is 1. The Bertz CT molecular complexity index is 555. The molecule has 1 aromatic heterocycles. The molecule has 5 nitrogen and oxygen atoms in total. The number of aromatic amines is 1. The van der Waals surface area contributed by atoms with Crippen LogP contribution in [-0.4, -0.2) is 28.7 Å². The van der Waals surface area contributed by atoms with Gasteiger partial charge in [0.25, 0.3) is 0 Å². The first-order valence-electron chi connectivity index (χ1n) is 5.75. The molecular formula is C13H15N3O2S. The zero-order valence-electron chi connectivity index (χ0n) is 10.8. The monoisotopic (exact) mass is 277 g/mol. The maximum Gasteiger partial charge on any atom is 0.234 e. The lowest BCUT2D eigenvalue weighted by molar-refractivity contribution is -0.113. The summed E-state index contributed by atoms with van der Waals surface area (Å²) in [6.07, 6.45) is 3.38. The van der Waals surface area contributed by atoms with Gasteiger partial charge in [0.1, 0.15) is 5.75 Å². The summed E-state index contributed by atoms with van der Waals surface area (Å²) in [5.74, 6) is 0.859. The van der Waals surface area contributed by atoms with Crippen molar-refractivity contribution in [3.63, 3.8) is 0 Å². The summed E-state index contributed by atoms with van der Waals surface area (Å²) >= 11 is 1.35. The Morgan fingerprint density at radius 1 is 1.53 bits per heavy atom. The predicted molar refractivity (Wildman–Crippen MR) is 75.7 cm³/mol. The van der Waals surface area contributed by atoms with Gasteiger partial charge in [0, 0.05) is 12.4 Å². The van der Waals surface area contributed by atoms with Crippen molar-refractivity contribution in [2.24, 2.45) is 0 Å². The minimum Gasteiger partial charge on any atom is -0.495 e. The third-order valence-corrected chi connectivity index (χ3v) is 3.35. The first kappa shape index (κ1) is 13.5. The van der Waals surface area contributed by atoms with Gasteiger partial charge in [-0.15, -0.1) is 0 Å². The predicted octanol–water partition coefficient (Wildman–Crippen LogP) is 2.46. The zero-order chi connectivity index (χ0) is 13.7. The molecule has 0 fully saturated rings. The number of amides is 1. The summed E-state index contributed by atoms with van der Waals surface area (Å²) in [4.78, 5) is 18.8. The number of anilines is 1. The lowest BCUT2D eigenvalue weighted by Gasteiger charge is -2.10. The minimum absolute atomic E-state index is 0.0923. The SMILES string of the molecule is COc1ccc(C)cc1NC(=O)CSc1ncc[nH]1. The highest BCUT2D eigenvalue weighted by Crippen LogP contribution is 2.25. The van der Waals surface area contributed by atoms with Gasteiger partial charge in [-0.2, -0.15) is 0 Å². The molecule has 1 aromatic carbocycles. The van der Waals surface area contributed by atoms with Crippen LogP contribution in [-0.2, 0) is 4.79 Å². The van der Waals surface area contributed by atoms with E-state index in [1.807, 2.05) is 25.1 Å². The molecule has 1 amide bonds. The number of thioether (sulfide) groups is 1. The summed E-state index contributed by atoms with van der Waals surface area (Å²) < 4.78 is 5.21. The second-order valence-corrected chi connectivity index (χ2v) is 4.90. The molecule has 0 aliphatic carbocycles. The first-order valence-corrected chi connectivity index (χ1v) is 6.74. The first-order chi connectivity index (χ1) is 9.19. The van der Waals surface area contributed by atoms with Crippen LogP contribution in [0.1, 0.15) is 5.56 Å². The number of hydrogen-bond acceptors (Lipinski definition) is 4. The minimum atomic E-state index is -0.0923. The fourth-order valence-electron chi connectivity index (χ4n) is 1.57. The van der Waals surface area contributed by atoms with Crippen LogP contribution in [0.15, 0.2) is 35.7 Å². The number of nitrogens with zero attached hydrogens (tertiary/aromatic N) is 1. The lowest BCUT2D eigenvalue weighted by atomic mass is 10.2. The van der Waals surface area contributed by atoms with Gasteiger partial charge in [-0.25, -0.2) is 4.98 Å². The number of carbonyl (C=O) groups is 1. The van der Waals surface area contributed by atoms with E-state index in [4.69, 9.17) is 4.74 Å². The molecule has 2 aromatic rings. The van der Waals surface area contributed by atoms with Crippen molar-refractivity contribution in [1.82, 2.24) is 9.97 Å². The Balaban J connectivity index is 1.96. The summed E-state index contributed by atoms with van der Waals surface area (Å²) in [6, 6.07) is 5.66. The van der Waals surface area contributed by atoms with Crippen molar-refractivity contribution in [3.8, 4) is 5.75 Å². The zero-order valence-corrected chi connectivity index (χ0v) is 11.6. The van der Waals surface area contributed by atoms with E-state index in [1.54, 1.807) is 19.5 Å². The van der Waals surface area contributed by atoms with Crippen LogP contribution >= 0.6 is 11.8 Å². The third kappa shape index (κ3) is 3.75. The van der Waals surface area contributed by atoms with Gasteiger partial charge in [-0.05, 0) is 24.6 Å². The number of aryl methyl sites for hydroxylation is 1. The average Bonchev–Trinajstić information content (AvgIpc) is 2.90. The fraction of sp³-hybridized carbons (Fsp3) is 0.231. The number of benzene rings is 1. The molecule has 0 aliphatic rings. The highest BCUT2D eigenvalue weighted by molar-refractivity contribution is 7.99. The molecule has 0 radical (unpaired) electrons. The second-order valence-electron chi connectivity index (χ2n) is 3.93. The van der Waals surface area contributed by atoms with Gasteiger partial charge in [0.2, 0.25) is 5.91 Å². The molecule has 1 heterocycles. The smallest absolute Gasteiger partial charge is 0.234 e. The van der Waals surface area contributed by atoms with E-state index in [2.05, 4.69) is 15.3 Å². The number of aromatic nitrogens is 2. The van der Waals surface area contributed by atoms with Crippen molar-refractivity contribution in [2.75, 3.05) is 18.2 Å². The number of imidazole rings is 1. The Hall–Kier alpha value is -1.95. The Kier molecular flexibility index (Phi) is 4.46. The van der Waals surface area contributed by atoms with E-state index in [9.17, 15) is 4.79 Å². The standard InChI is InChI=1S/C13H15N3O2S/c1-9-3-4-11(18-2)10(7-9)16-12(17)8-19-13-14-5-6-15-13/h3-7H,8H2,1-2H3,(H,14,15)(H,16,17). The quantitative estimate of drug-likeness (QED) is 0.824. The van der Waals surface area contributed by atoms with E-state index in [0.717, 1.165) is 10.7 Å². The highest BCUT2D eigenvalue weighted by Gasteiger charge is 2.09. The van der Waals surface area contributed by atoms with Crippen molar-refractivity contribution >= 4 is 23.4 Å². The molecule has 0 atom stereocenters. The van der Waals surface area contributed by atoms with Gasteiger partial charge >= 0.3 is 0 Å². The molecule has 0 bridgehead atoms. The molecule has 100 valence electrons. The van der Waals surface area contributed by atoms with Crippen LogP contribution in [0, 0.1) is 6.92 Å². The molecule has 19 heavy (non-hydrogen) atoms. The van der Waals surface area contributed by atoms with Crippen molar-refractivity contribution in [1.29, 1.82) is 0 Å². The van der Waals surface area contributed by atoms with Gasteiger partial charge in [0.15, 0.2) is 5.16 Å². The largest absolute Gasteiger partial charge is 0.495 e. The summed E-state index contributed by atoms with van der Waals surface area (Å²) in [7, 11) is 1.58. The summed E-state index contributed by atoms with van der Waals surface area (Å²) in [5.41, 5.74) is 1.75. The number of hydrogen-bond donors (Lipinski definition) is 2. The van der Waals surface area contributed by atoms with Crippen LogP contribution in [0.25, 0.3) is 0 Å². The molecule has 2 N–H and O–H groups in total. The summed E-state index contributed by atoms with van der Waals surface area (Å²) in [5, 5.41) is 3.57. The molecular weight excluding hydrogens is 262 g/mol. The van der Waals surface area contributed by atoms with Gasteiger partial charge in [-0.3, -0.25) is 4.79 Å². The second kappa shape index (κ2) is 6.29. The Morgan fingerprint density at radius 3 is 3.05 bits per heavy atom. The van der Waals surface area contributed by atoms with Crippen LogP contribution in [0.4, 0.5) is 5.69 Å². The van der Waals surface area contributed by atoms with Crippen LogP contribution < -0.4 is 10.1 Å². The summed E-state index contributed by atoms with van der Waals surface area (Å²) in [6.45, 7) is 1.96. The number of ether oxygens (including phenoxy) is 1. The molecule has 0 aliphatic heterocycles. The topological polar surface area (TPSA) is 67.0 Å². The molecule has 0 unspecified atom stereocenters. The number of nitrogens with one attached hydrogen (secondary N) is 2. The number of rotatable bonds is 5. The van der Waals surface area contributed by atoms with E-state index in [-0.39, 0.29) is 5.91 Å². The molecule has 2 rings (SSSR count). The normalized spacial score (nSPS) is 10.2. The fourth-order valence-corrected chi connectivity index (χ4v) is 2.20. The number of methoxy groups -OCH3 is 1. The van der Waals surface area contributed by atoms with Crippen LogP contribution in [0.5, 0.6) is 5.75 Å². The number of H-pyrrole nitrogens is 1. The van der Waals surface area contributed by atoms with E-state index < -0.39 is 0 Å². The molecule has 6 heteroatoms. The van der Waals surface area contributed by atoms with Gasteiger partial charge in [0.05, 0.1) is 18.6 Å². The van der Waals surface area contributed by atoms with E-state index in [1.165, 1.54) is 11.8 Å². The van der Waals surface area contributed by atoms with Crippen molar-refractivity contribution in [2.45, 2.75) is 12.1 Å². The van der Waals surface area contributed by atoms with Crippen molar-refractivity contribution in [3.05, 3.63) is 36.2 Å². The van der Waals surface area contributed by atoms with E-state index >= 15 is 0 Å². The van der Waals surface area contributed by atoms with E-state index in [0.29, 0.717) is 17.2 Å². The molecule has 0 saturated carbocycles. The Morgan fingerprint density at radius 2 is 2.37 bits per heavy atom. The van der Waals surface area contributed by atoms with Crippen molar-refractivity contribution < 1.29 is 9.53 Å². The maximum atomic E-state index is 11.9. The molecule has 0 spiro atoms. The maximum absolute atomic E-state index is 11.9. The lowest BCUT2D eigenvalue weighted by Crippen LogP contribution is -2.14. The van der Waals surface area contributed by atoms with Crippen LogP contribution in [0.2, 0.25) is 0 Å². The van der Waals surface area contributed by atoms with Crippen LogP contribution in [0.3, 0.4) is 0 Å². The highest BCUT2D eigenvalue weighted by atomic mass is 32.2. The average molecular weight is 277 g/mol. The molecule has 0 saturated heterocycles. The third-order valence-electron chi connectivity index (χ3n) is 2.44. The van der Waals surface area contributed by atoms with Gasteiger partial charge < -0.3 is 15.0 Å². The Labute approximate surface area is 115 Å².